The molecule has 0 radical (unpaired) electrons. The zero-order valence-electron chi connectivity index (χ0n) is 13.1. The Balaban J connectivity index is 2.37. The Morgan fingerprint density at radius 2 is 1.94 bits per heavy atom. The fourth-order valence-electron chi connectivity index (χ4n) is 2.86. The number of hydrogen-bond acceptors (Lipinski definition) is 2. The van der Waals surface area contributed by atoms with Gasteiger partial charge in [-0.15, -0.1) is 0 Å². The van der Waals surface area contributed by atoms with Gasteiger partial charge < -0.3 is 10.1 Å². The van der Waals surface area contributed by atoms with E-state index in [1.54, 1.807) is 0 Å². The van der Waals surface area contributed by atoms with Gasteiger partial charge in [-0.2, -0.15) is 0 Å². The normalized spacial score (nSPS) is 27.2. The van der Waals surface area contributed by atoms with Gasteiger partial charge in [0, 0.05) is 6.04 Å². The SMILES string of the molecule is CCNC(COC1CCCC(CC)C1)C(C)(C)C. The van der Waals surface area contributed by atoms with Crippen molar-refractivity contribution in [1.82, 2.24) is 5.32 Å². The molecule has 18 heavy (non-hydrogen) atoms. The van der Waals surface area contributed by atoms with Gasteiger partial charge in [0.05, 0.1) is 12.7 Å². The molecule has 0 saturated heterocycles. The van der Waals surface area contributed by atoms with Crippen LogP contribution >= 0.6 is 0 Å². The van der Waals surface area contributed by atoms with E-state index < -0.39 is 0 Å². The molecule has 0 aliphatic heterocycles. The second kappa shape index (κ2) is 7.49. The molecule has 1 aliphatic carbocycles. The van der Waals surface area contributed by atoms with Crippen LogP contribution in [-0.2, 0) is 4.74 Å². The first-order chi connectivity index (χ1) is 8.47. The van der Waals surface area contributed by atoms with Gasteiger partial charge in [0.1, 0.15) is 0 Å². The third-order valence-electron chi connectivity index (χ3n) is 4.31. The predicted molar refractivity (Wildman–Crippen MR) is 78.9 cm³/mol. The van der Waals surface area contributed by atoms with Gasteiger partial charge in [-0.25, -0.2) is 0 Å². The first-order valence-corrected chi connectivity index (χ1v) is 7.82. The minimum absolute atomic E-state index is 0.273. The van der Waals surface area contributed by atoms with Crippen LogP contribution in [-0.4, -0.2) is 25.3 Å². The minimum atomic E-state index is 0.273. The smallest absolute Gasteiger partial charge is 0.0628 e. The average molecular weight is 255 g/mol. The molecule has 2 heteroatoms. The lowest BCUT2D eigenvalue weighted by Gasteiger charge is -2.34. The highest BCUT2D eigenvalue weighted by atomic mass is 16.5. The van der Waals surface area contributed by atoms with E-state index in [1.807, 2.05) is 0 Å². The molecule has 0 aromatic heterocycles. The van der Waals surface area contributed by atoms with E-state index >= 15 is 0 Å². The summed E-state index contributed by atoms with van der Waals surface area (Å²) in [5.41, 5.74) is 0.273. The molecular formula is C16H33NO. The molecule has 0 aromatic carbocycles. The van der Waals surface area contributed by atoms with Crippen LogP contribution in [0, 0.1) is 11.3 Å². The van der Waals surface area contributed by atoms with Crippen molar-refractivity contribution in [2.24, 2.45) is 11.3 Å². The molecule has 2 nitrogen and oxygen atoms in total. The third-order valence-corrected chi connectivity index (χ3v) is 4.31. The van der Waals surface area contributed by atoms with Gasteiger partial charge in [0.15, 0.2) is 0 Å². The van der Waals surface area contributed by atoms with E-state index in [0.29, 0.717) is 12.1 Å². The maximum absolute atomic E-state index is 6.19. The zero-order valence-corrected chi connectivity index (χ0v) is 13.1. The van der Waals surface area contributed by atoms with Crippen molar-refractivity contribution in [3.63, 3.8) is 0 Å². The van der Waals surface area contributed by atoms with Crippen molar-refractivity contribution in [3.05, 3.63) is 0 Å². The average Bonchev–Trinajstić information content (AvgIpc) is 2.33. The highest BCUT2D eigenvalue weighted by molar-refractivity contribution is 4.81. The largest absolute Gasteiger partial charge is 0.377 e. The van der Waals surface area contributed by atoms with E-state index in [4.69, 9.17) is 4.74 Å². The highest BCUT2D eigenvalue weighted by Crippen LogP contribution is 2.29. The number of rotatable bonds is 6. The molecule has 0 spiro atoms. The molecule has 1 saturated carbocycles. The number of nitrogens with one attached hydrogen (secondary N) is 1. The fraction of sp³-hybridized carbons (Fsp3) is 1.00. The van der Waals surface area contributed by atoms with Crippen LogP contribution in [0.3, 0.4) is 0 Å². The molecule has 1 rings (SSSR count). The Kier molecular flexibility index (Phi) is 6.65. The second-order valence-corrected chi connectivity index (χ2v) is 6.87. The minimum Gasteiger partial charge on any atom is -0.377 e. The van der Waals surface area contributed by atoms with Crippen LogP contribution in [0.1, 0.15) is 66.7 Å². The zero-order chi connectivity index (χ0) is 13.6. The van der Waals surface area contributed by atoms with Crippen molar-refractivity contribution in [2.75, 3.05) is 13.2 Å². The molecular weight excluding hydrogens is 222 g/mol. The molecule has 1 N–H and O–H groups in total. The van der Waals surface area contributed by atoms with Crippen LogP contribution in [0.5, 0.6) is 0 Å². The summed E-state index contributed by atoms with van der Waals surface area (Å²) < 4.78 is 6.19. The maximum atomic E-state index is 6.19. The highest BCUT2D eigenvalue weighted by Gasteiger charge is 2.27. The van der Waals surface area contributed by atoms with Crippen molar-refractivity contribution in [2.45, 2.75) is 78.9 Å². The topological polar surface area (TPSA) is 21.3 Å². The van der Waals surface area contributed by atoms with Crippen molar-refractivity contribution in [3.8, 4) is 0 Å². The monoisotopic (exact) mass is 255 g/mol. The first kappa shape index (κ1) is 16.0. The van der Waals surface area contributed by atoms with Gasteiger partial charge >= 0.3 is 0 Å². The van der Waals surface area contributed by atoms with Crippen LogP contribution in [0.25, 0.3) is 0 Å². The summed E-state index contributed by atoms with van der Waals surface area (Å²) >= 11 is 0. The van der Waals surface area contributed by atoms with Crippen LogP contribution in [0.4, 0.5) is 0 Å². The Morgan fingerprint density at radius 1 is 1.22 bits per heavy atom. The van der Waals surface area contributed by atoms with Gasteiger partial charge in [-0.1, -0.05) is 53.9 Å². The van der Waals surface area contributed by atoms with Gasteiger partial charge in [0.25, 0.3) is 0 Å². The van der Waals surface area contributed by atoms with Crippen LogP contribution < -0.4 is 5.32 Å². The van der Waals surface area contributed by atoms with Crippen LogP contribution in [0.2, 0.25) is 0 Å². The molecule has 3 atom stereocenters. The molecule has 3 unspecified atom stereocenters. The Hall–Kier alpha value is -0.0800. The van der Waals surface area contributed by atoms with E-state index in [2.05, 4.69) is 39.9 Å². The lowest BCUT2D eigenvalue weighted by atomic mass is 9.85. The molecule has 1 aliphatic rings. The lowest BCUT2D eigenvalue weighted by molar-refractivity contribution is -0.0131. The quantitative estimate of drug-likeness (QED) is 0.774. The fourth-order valence-corrected chi connectivity index (χ4v) is 2.86. The molecule has 0 amide bonds. The standard InChI is InChI=1S/C16H33NO/c1-6-13-9-8-10-14(11-13)18-12-15(17-7-2)16(3,4)5/h13-15,17H,6-12H2,1-5H3. The first-order valence-electron chi connectivity index (χ1n) is 7.82. The summed E-state index contributed by atoms with van der Waals surface area (Å²) in [5, 5.41) is 3.56. The van der Waals surface area contributed by atoms with Crippen molar-refractivity contribution < 1.29 is 4.74 Å². The molecule has 0 heterocycles. The summed E-state index contributed by atoms with van der Waals surface area (Å²) in [4.78, 5) is 0. The third kappa shape index (κ3) is 5.27. The Bertz CT molecular complexity index is 222. The number of likely N-dealkylation sites (N-methyl/N-ethyl adjacent to an activating group) is 1. The summed E-state index contributed by atoms with van der Waals surface area (Å²) in [6.45, 7) is 13.2. The summed E-state index contributed by atoms with van der Waals surface area (Å²) in [6.07, 6.45) is 7.12. The second-order valence-electron chi connectivity index (χ2n) is 6.87. The maximum Gasteiger partial charge on any atom is 0.0628 e. The molecule has 0 bridgehead atoms. The molecule has 108 valence electrons. The Labute approximate surface area is 114 Å². The molecule has 0 aromatic rings. The summed E-state index contributed by atoms with van der Waals surface area (Å²) in [5.74, 6) is 0.899. The van der Waals surface area contributed by atoms with E-state index in [9.17, 15) is 0 Å². The van der Waals surface area contributed by atoms with E-state index in [-0.39, 0.29) is 5.41 Å². The van der Waals surface area contributed by atoms with Crippen molar-refractivity contribution in [1.29, 1.82) is 0 Å². The summed E-state index contributed by atoms with van der Waals surface area (Å²) in [6, 6.07) is 0.463. The van der Waals surface area contributed by atoms with E-state index in [1.165, 1.54) is 32.1 Å². The molecule has 1 fully saturated rings. The van der Waals surface area contributed by atoms with Gasteiger partial charge in [-0.3, -0.25) is 0 Å². The van der Waals surface area contributed by atoms with Gasteiger partial charge in [-0.05, 0) is 30.7 Å². The number of hydrogen-bond donors (Lipinski definition) is 1. The predicted octanol–water partition coefficient (Wildman–Crippen LogP) is 4.00. The van der Waals surface area contributed by atoms with Crippen molar-refractivity contribution >= 4 is 0 Å². The summed E-state index contributed by atoms with van der Waals surface area (Å²) in [7, 11) is 0. The van der Waals surface area contributed by atoms with Gasteiger partial charge in [0.2, 0.25) is 0 Å². The lowest BCUT2D eigenvalue weighted by Crippen LogP contribution is -2.44. The number of ether oxygens (including phenoxy) is 1. The van der Waals surface area contributed by atoms with Crippen LogP contribution in [0.15, 0.2) is 0 Å². The van der Waals surface area contributed by atoms with E-state index in [0.717, 1.165) is 19.1 Å². The Morgan fingerprint density at radius 3 is 2.50 bits per heavy atom.